The van der Waals surface area contributed by atoms with Gasteiger partial charge >= 0.3 is 0 Å². The summed E-state index contributed by atoms with van der Waals surface area (Å²) in [4.78, 5) is 13.2. The number of nitrogens with one attached hydrogen (secondary N) is 1. The van der Waals surface area contributed by atoms with Gasteiger partial charge in [-0.3, -0.25) is 4.79 Å². The molecular weight excluding hydrogens is 366 g/mol. The zero-order valence-electron chi connectivity index (χ0n) is 16.6. The Kier molecular flexibility index (Phi) is 6.53. The molecule has 1 amide bonds. The van der Waals surface area contributed by atoms with Crippen LogP contribution >= 0.6 is 0 Å². The van der Waals surface area contributed by atoms with E-state index in [1.165, 1.54) is 0 Å². The van der Waals surface area contributed by atoms with E-state index >= 15 is 0 Å². The average molecular weight is 389 g/mol. The van der Waals surface area contributed by atoms with Crippen LogP contribution in [0.3, 0.4) is 0 Å². The van der Waals surface area contributed by atoms with Gasteiger partial charge in [0.1, 0.15) is 5.75 Å². The topological polar surface area (TPSA) is 56.8 Å². The molecule has 0 fully saturated rings. The van der Waals surface area contributed by atoms with Crippen LogP contribution in [0.4, 0.5) is 5.69 Å². The highest BCUT2D eigenvalue weighted by Gasteiger charge is 2.15. The maximum Gasteiger partial charge on any atom is 0.256 e. The van der Waals surface area contributed by atoms with Crippen LogP contribution < -0.4 is 19.5 Å². The molecule has 0 radical (unpaired) electrons. The van der Waals surface area contributed by atoms with Crippen molar-refractivity contribution in [3.8, 4) is 17.2 Å². The molecule has 0 saturated heterocycles. The van der Waals surface area contributed by atoms with Crippen LogP contribution in [0.2, 0.25) is 0 Å². The molecule has 5 heteroatoms. The van der Waals surface area contributed by atoms with Gasteiger partial charge in [0.15, 0.2) is 11.5 Å². The van der Waals surface area contributed by atoms with Crippen LogP contribution in [0.1, 0.15) is 11.1 Å². The molecule has 1 N–H and O–H groups in total. The predicted octanol–water partition coefficient (Wildman–Crippen LogP) is 4.89. The number of hydrogen-bond acceptors (Lipinski definition) is 4. The van der Waals surface area contributed by atoms with Crippen molar-refractivity contribution in [1.29, 1.82) is 0 Å². The number of methoxy groups -OCH3 is 3. The summed E-state index contributed by atoms with van der Waals surface area (Å²) in [6, 6.07) is 22.3. The van der Waals surface area contributed by atoms with Crippen LogP contribution in [-0.2, 0) is 4.79 Å². The lowest BCUT2D eigenvalue weighted by Gasteiger charge is -2.13. The quantitative estimate of drug-likeness (QED) is 0.462. The van der Waals surface area contributed by atoms with Crippen molar-refractivity contribution in [3.63, 3.8) is 0 Å². The van der Waals surface area contributed by atoms with Gasteiger partial charge in [-0.15, -0.1) is 0 Å². The first kappa shape index (κ1) is 20.0. The maximum absolute atomic E-state index is 13.2. The number of rotatable bonds is 7. The second-order valence-electron chi connectivity index (χ2n) is 6.19. The highest BCUT2D eigenvalue weighted by molar-refractivity contribution is 6.29. The Balaban J connectivity index is 1.99. The summed E-state index contributed by atoms with van der Waals surface area (Å²) in [5, 5.41) is 2.94. The SMILES string of the molecule is COc1ccccc1/C=C(/C(=O)Nc1ccc(OC)c(OC)c1)c1ccccc1. The summed E-state index contributed by atoms with van der Waals surface area (Å²) in [5.74, 6) is 1.59. The molecule has 0 atom stereocenters. The molecule has 0 unspecified atom stereocenters. The van der Waals surface area contributed by atoms with Crippen molar-refractivity contribution >= 4 is 23.2 Å². The molecule has 0 bridgehead atoms. The summed E-state index contributed by atoms with van der Waals surface area (Å²) in [6.45, 7) is 0. The minimum absolute atomic E-state index is 0.241. The Morgan fingerprint density at radius 2 is 1.41 bits per heavy atom. The number of ether oxygens (including phenoxy) is 3. The van der Waals surface area contributed by atoms with Crippen molar-refractivity contribution in [2.24, 2.45) is 0 Å². The van der Waals surface area contributed by atoms with Gasteiger partial charge in [-0.2, -0.15) is 0 Å². The molecule has 148 valence electrons. The van der Waals surface area contributed by atoms with Gasteiger partial charge in [0.2, 0.25) is 0 Å². The van der Waals surface area contributed by atoms with Gasteiger partial charge in [0.05, 0.1) is 21.3 Å². The van der Waals surface area contributed by atoms with E-state index in [0.29, 0.717) is 28.5 Å². The second kappa shape index (κ2) is 9.46. The molecule has 29 heavy (non-hydrogen) atoms. The van der Waals surface area contributed by atoms with Gasteiger partial charge in [0.25, 0.3) is 5.91 Å². The normalized spacial score (nSPS) is 10.9. The molecule has 0 spiro atoms. The number of carbonyl (C=O) groups is 1. The van der Waals surface area contributed by atoms with E-state index in [1.54, 1.807) is 39.5 Å². The second-order valence-corrected chi connectivity index (χ2v) is 6.19. The summed E-state index contributed by atoms with van der Waals surface area (Å²) >= 11 is 0. The predicted molar refractivity (Wildman–Crippen MR) is 115 cm³/mol. The fraction of sp³-hybridized carbons (Fsp3) is 0.125. The molecular formula is C24H23NO4. The minimum Gasteiger partial charge on any atom is -0.496 e. The summed E-state index contributed by atoms with van der Waals surface area (Å²) in [7, 11) is 4.73. The third kappa shape index (κ3) is 4.76. The van der Waals surface area contributed by atoms with E-state index in [2.05, 4.69) is 5.32 Å². The molecule has 5 nitrogen and oxygen atoms in total. The van der Waals surface area contributed by atoms with Crippen LogP contribution in [-0.4, -0.2) is 27.2 Å². The lowest BCUT2D eigenvalue weighted by Crippen LogP contribution is -2.14. The standard InChI is InChI=1S/C24H23NO4/c1-27-21-12-8-7-11-18(21)15-20(17-9-5-4-6-10-17)24(26)25-19-13-14-22(28-2)23(16-19)29-3/h4-16H,1-3H3,(H,25,26)/b20-15+. The highest BCUT2D eigenvalue weighted by atomic mass is 16.5. The first-order chi connectivity index (χ1) is 14.2. The largest absolute Gasteiger partial charge is 0.496 e. The molecule has 3 rings (SSSR count). The fourth-order valence-corrected chi connectivity index (χ4v) is 2.95. The van der Waals surface area contributed by atoms with Gasteiger partial charge in [-0.25, -0.2) is 0 Å². The van der Waals surface area contributed by atoms with Crippen LogP contribution in [0.25, 0.3) is 11.6 Å². The number of benzene rings is 3. The molecule has 0 heterocycles. The number of carbonyl (C=O) groups excluding carboxylic acids is 1. The zero-order chi connectivity index (χ0) is 20.6. The summed E-state index contributed by atoms with van der Waals surface area (Å²) < 4.78 is 16.0. The van der Waals surface area contributed by atoms with Crippen molar-refractivity contribution < 1.29 is 19.0 Å². The van der Waals surface area contributed by atoms with Crippen LogP contribution in [0, 0.1) is 0 Å². The van der Waals surface area contributed by atoms with Crippen molar-refractivity contribution in [3.05, 3.63) is 83.9 Å². The minimum atomic E-state index is -0.241. The van der Waals surface area contributed by atoms with E-state index in [9.17, 15) is 4.79 Å². The van der Waals surface area contributed by atoms with Crippen molar-refractivity contribution in [2.75, 3.05) is 26.6 Å². The highest BCUT2D eigenvalue weighted by Crippen LogP contribution is 2.31. The lowest BCUT2D eigenvalue weighted by atomic mass is 10.0. The number of amides is 1. The third-order valence-corrected chi connectivity index (χ3v) is 4.41. The average Bonchev–Trinajstić information content (AvgIpc) is 2.78. The van der Waals surface area contributed by atoms with E-state index in [-0.39, 0.29) is 5.91 Å². The van der Waals surface area contributed by atoms with E-state index < -0.39 is 0 Å². The summed E-state index contributed by atoms with van der Waals surface area (Å²) in [6.07, 6.45) is 1.82. The molecule has 0 aliphatic heterocycles. The molecule has 0 aliphatic carbocycles. The number of anilines is 1. The van der Waals surface area contributed by atoms with E-state index in [1.807, 2.05) is 60.7 Å². The van der Waals surface area contributed by atoms with Gasteiger partial charge in [-0.1, -0.05) is 48.5 Å². The fourth-order valence-electron chi connectivity index (χ4n) is 2.95. The Labute approximate surface area is 170 Å². The van der Waals surface area contributed by atoms with Crippen molar-refractivity contribution in [2.45, 2.75) is 0 Å². The Bertz CT molecular complexity index is 1010. The van der Waals surface area contributed by atoms with Gasteiger partial charge < -0.3 is 19.5 Å². The van der Waals surface area contributed by atoms with Gasteiger partial charge in [-0.05, 0) is 29.8 Å². The van der Waals surface area contributed by atoms with Crippen LogP contribution in [0.15, 0.2) is 72.8 Å². The van der Waals surface area contributed by atoms with E-state index in [0.717, 1.165) is 11.1 Å². The molecule has 0 saturated carbocycles. The first-order valence-corrected chi connectivity index (χ1v) is 9.09. The summed E-state index contributed by atoms with van der Waals surface area (Å²) in [5.41, 5.74) is 2.74. The third-order valence-electron chi connectivity index (χ3n) is 4.41. The number of hydrogen-bond donors (Lipinski definition) is 1. The van der Waals surface area contributed by atoms with Gasteiger partial charge in [0, 0.05) is 22.9 Å². The monoisotopic (exact) mass is 389 g/mol. The molecule has 3 aromatic rings. The van der Waals surface area contributed by atoms with E-state index in [4.69, 9.17) is 14.2 Å². The molecule has 3 aromatic carbocycles. The molecule has 0 aliphatic rings. The first-order valence-electron chi connectivity index (χ1n) is 9.09. The lowest BCUT2D eigenvalue weighted by molar-refractivity contribution is -0.111. The van der Waals surface area contributed by atoms with Crippen LogP contribution in [0.5, 0.6) is 17.2 Å². The number of para-hydroxylation sites is 1. The Hall–Kier alpha value is -3.73. The molecule has 0 aromatic heterocycles. The maximum atomic E-state index is 13.2. The zero-order valence-corrected chi connectivity index (χ0v) is 16.6. The van der Waals surface area contributed by atoms with Crippen molar-refractivity contribution in [1.82, 2.24) is 0 Å². The smallest absolute Gasteiger partial charge is 0.256 e. The Morgan fingerprint density at radius 3 is 2.10 bits per heavy atom. The Morgan fingerprint density at radius 1 is 0.759 bits per heavy atom.